The maximum absolute atomic E-state index is 11.8. The number of hydrazone groups is 1. The van der Waals surface area contributed by atoms with Gasteiger partial charge in [-0.1, -0.05) is 28.1 Å². The molecule has 2 rings (SSSR count). The third-order valence-electron chi connectivity index (χ3n) is 3.11. The molecule has 1 N–H and O–H groups in total. The van der Waals surface area contributed by atoms with Crippen LogP contribution < -0.4 is 14.9 Å². The van der Waals surface area contributed by atoms with E-state index in [0.29, 0.717) is 21.7 Å². The fraction of sp³-hybridized carbons (Fsp3) is 0.176. The van der Waals surface area contributed by atoms with Crippen molar-refractivity contribution in [3.8, 4) is 11.5 Å². The van der Waals surface area contributed by atoms with Gasteiger partial charge in [0.05, 0.1) is 17.3 Å². The SMILES string of the molecule is COc1ccc(OCC(=O)N/N=C(/C)c2ccc(Br)cc2)c(Br)c1. The van der Waals surface area contributed by atoms with Gasteiger partial charge in [-0.3, -0.25) is 4.79 Å². The van der Waals surface area contributed by atoms with E-state index in [-0.39, 0.29) is 12.5 Å². The Hall–Kier alpha value is -1.86. The molecule has 0 atom stereocenters. The Morgan fingerprint density at radius 3 is 2.50 bits per heavy atom. The molecule has 2 aromatic rings. The topological polar surface area (TPSA) is 59.9 Å². The van der Waals surface area contributed by atoms with Gasteiger partial charge in [0.25, 0.3) is 5.91 Å². The molecule has 0 heterocycles. The first-order valence-corrected chi connectivity index (χ1v) is 8.63. The summed E-state index contributed by atoms with van der Waals surface area (Å²) in [4.78, 5) is 11.8. The number of amides is 1. The van der Waals surface area contributed by atoms with Crippen LogP contribution in [0.3, 0.4) is 0 Å². The van der Waals surface area contributed by atoms with Gasteiger partial charge in [-0.25, -0.2) is 5.43 Å². The number of ether oxygens (including phenoxy) is 2. The fourth-order valence-electron chi connectivity index (χ4n) is 1.80. The highest BCUT2D eigenvalue weighted by atomic mass is 79.9. The Balaban J connectivity index is 1.89. The summed E-state index contributed by atoms with van der Waals surface area (Å²) < 4.78 is 12.3. The van der Waals surface area contributed by atoms with Crippen LogP contribution in [-0.2, 0) is 4.79 Å². The van der Waals surface area contributed by atoms with Crippen molar-refractivity contribution in [2.75, 3.05) is 13.7 Å². The molecule has 0 aliphatic rings. The first-order valence-electron chi connectivity index (χ1n) is 7.05. The number of hydrogen-bond acceptors (Lipinski definition) is 4. The second-order valence-corrected chi connectivity index (χ2v) is 6.59. The Labute approximate surface area is 157 Å². The molecule has 0 saturated heterocycles. The summed E-state index contributed by atoms with van der Waals surface area (Å²) in [6, 6.07) is 12.9. The van der Waals surface area contributed by atoms with E-state index < -0.39 is 0 Å². The molecule has 2 aromatic carbocycles. The molecule has 5 nitrogen and oxygen atoms in total. The number of hydrogen-bond donors (Lipinski definition) is 1. The largest absolute Gasteiger partial charge is 0.497 e. The van der Waals surface area contributed by atoms with Crippen LogP contribution in [0.5, 0.6) is 11.5 Å². The summed E-state index contributed by atoms with van der Waals surface area (Å²) in [7, 11) is 1.58. The number of nitrogens with one attached hydrogen (secondary N) is 1. The summed E-state index contributed by atoms with van der Waals surface area (Å²) in [5.41, 5.74) is 4.12. The molecule has 126 valence electrons. The molecule has 0 aromatic heterocycles. The zero-order valence-electron chi connectivity index (χ0n) is 13.2. The van der Waals surface area contributed by atoms with E-state index in [1.54, 1.807) is 25.3 Å². The quantitative estimate of drug-likeness (QED) is 0.526. The normalized spacial score (nSPS) is 11.1. The standard InChI is InChI=1S/C17H16Br2N2O3/c1-11(12-3-5-13(18)6-4-12)20-21-17(22)10-24-16-8-7-14(23-2)9-15(16)19/h3-9H,10H2,1-2H3,(H,21,22)/b20-11-. The summed E-state index contributed by atoms with van der Waals surface area (Å²) in [5, 5.41) is 4.08. The summed E-state index contributed by atoms with van der Waals surface area (Å²) >= 11 is 6.75. The van der Waals surface area contributed by atoms with E-state index in [1.165, 1.54) is 0 Å². The van der Waals surface area contributed by atoms with Gasteiger partial charge < -0.3 is 9.47 Å². The smallest absolute Gasteiger partial charge is 0.277 e. The lowest BCUT2D eigenvalue weighted by molar-refractivity contribution is -0.123. The molecular formula is C17H16Br2N2O3. The minimum absolute atomic E-state index is 0.137. The molecular weight excluding hydrogens is 440 g/mol. The van der Waals surface area contributed by atoms with Crippen LogP contribution in [0.25, 0.3) is 0 Å². The van der Waals surface area contributed by atoms with Crippen LogP contribution >= 0.6 is 31.9 Å². The highest BCUT2D eigenvalue weighted by Gasteiger charge is 2.07. The molecule has 0 aliphatic heterocycles. The number of halogens is 2. The van der Waals surface area contributed by atoms with Gasteiger partial charge in [-0.15, -0.1) is 0 Å². The van der Waals surface area contributed by atoms with E-state index in [9.17, 15) is 4.79 Å². The summed E-state index contributed by atoms with van der Waals surface area (Å²) in [6.45, 7) is 1.69. The van der Waals surface area contributed by atoms with Crippen LogP contribution in [0.2, 0.25) is 0 Å². The Bertz CT molecular complexity index is 746. The number of rotatable bonds is 6. The van der Waals surface area contributed by atoms with Gasteiger partial charge in [-0.05, 0) is 58.7 Å². The summed E-state index contributed by atoms with van der Waals surface area (Å²) in [5.74, 6) is 0.919. The lowest BCUT2D eigenvalue weighted by atomic mass is 10.1. The number of carbonyl (C=O) groups excluding carboxylic acids is 1. The minimum atomic E-state index is -0.339. The molecule has 0 bridgehead atoms. The van der Waals surface area contributed by atoms with Gasteiger partial charge in [0.2, 0.25) is 0 Å². The van der Waals surface area contributed by atoms with Crippen LogP contribution in [0.15, 0.2) is 56.5 Å². The van der Waals surface area contributed by atoms with E-state index in [1.807, 2.05) is 31.2 Å². The lowest BCUT2D eigenvalue weighted by Gasteiger charge is -2.09. The van der Waals surface area contributed by atoms with Crippen molar-refractivity contribution in [3.63, 3.8) is 0 Å². The van der Waals surface area contributed by atoms with Crippen molar-refractivity contribution in [1.29, 1.82) is 0 Å². The first-order chi connectivity index (χ1) is 11.5. The van der Waals surface area contributed by atoms with Crippen molar-refractivity contribution in [2.45, 2.75) is 6.92 Å². The van der Waals surface area contributed by atoms with Crippen molar-refractivity contribution in [2.24, 2.45) is 5.10 Å². The van der Waals surface area contributed by atoms with Crippen molar-refractivity contribution < 1.29 is 14.3 Å². The molecule has 24 heavy (non-hydrogen) atoms. The van der Waals surface area contributed by atoms with Crippen LogP contribution in [0.4, 0.5) is 0 Å². The van der Waals surface area contributed by atoms with Crippen molar-refractivity contribution in [3.05, 3.63) is 57.0 Å². The maximum Gasteiger partial charge on any atom is 0.277 e. The van der Waals surface area contributed by atoms with Gasteiger partial charge in [0, 0.05) is 4.47 Å². The summed E-state index contributed by atoms with van der Waals surface area (Å²) in [6.07, 6.45) is 0. The monoisotopic (exact) mass is 454 g/mol. The lowest BCUT2D eigenvalue weighted by Crippen LogP contribution is -2.25. The molecule has 0 radical (unpaired) electrons. The van der Waals surface area contributed by atoms with Gasteiger partial charge in [0.1, 0.15) is 11.5 Å². The second kappa shape index (κ2) is 8.84. The van der Waals surface area contributed by atoms with Crippen LogP contribution in [0, 0.1) is 0 Å². The third-order valence-corrected chi connectivity index (χ3v) is 4.26. The molecule has 0 spiro atoms. The number of carbonyl (C=O) groups is 1. The first kappa shape index (κ1) is 18.5. The molecule has 7 heteroatoms. The highest BCUT2D eigenvalue weighted by Crippen LogP contribution is 2.28. The molecule has 0 unspecified atom stereocenters. The zero-order chi connectivity index (χ0) is 17.5. The van der Waals surface area contributed by atoms with Crippen LogP contribution in [-0.4, -0.2) is 25.3 Å². The molecule has 1 amide bonds. The van der Waals surface area contributed by atoms with E-state index in [4.69, 9.17) is 9.47 Å². The predicted octanol–water partition coefficient (Wildman–Crippen LogP) is 4.14. The van der Waals surface area contributed by atoms with E-state index in [2.05, 4.69) is 42.4 Å². The average molecular weight is 456 g/mol. The fourth-order valence-corrected chi connectivity index (χ4v) is 2.54. The highest BCUT2D eigenvalue weighted by molar-refractivity contribution is 9.10. The Morgan fingerprint density at radius 2 is 1.88 bits per heavy atom. The third kappa shape index (κ3) is 5.35. The molecule has 0 fully saturated rings. The van der Waals surface area contributed by atoms with E-state index in [0.717, 1.165) is 10.0 Å². The van der Waals surface area contributed by atoms with Crippen molar-refractivity contribution in [1.82, 2.24) is 5.43 Å². The van der Waals surface area contributed by atoms with Gasteiger partial charge in [0.15, 0.2) is 6.61 Å². The Morgan fingerprint density at radius 1 is 1.17 bits per heavy atom. The molecule has 0 saturated carbocycles. The second-order valence-electron chi connectivity index (χ2n) is 4.82. The van der Waals surface area contributed by atoms with Crippen LogP contribution in [0.1, 0.15) is 12.5 Å². The molecule has 0 aliphatic carbocycles. The Kier molecular flexibility index (Phi) is 6.81. The zero-order valence-corrected chi connectivity index (χ0v) is 16.3. The van der Waals surface area contributed by atoms with Crippen molar-refractivity contribution >= 4 is 43.5 Å². The average Bonchev–Trinajstić information content (AvgIpc) is 2.59. The number of nitrogens with zero attached hydrogens (tertiary/aromatic N) is 1. The van der Waals surface area contributed by atoms with Gasteiger partial charge >= 0.3 is 0 Å². The minimum Gasteiger partial charge on any atom is -0.497 e. The number of methoxy groups -OCH3 is 1. The van der Waals surface area contributed by atoms with E-state index >= 15 is 0 Å². The number of benzene rings is 2. The maximum atomic E-state index is 11.8. The van der Waals surface area contributed by atoms with Gasteiger partial charge in [-0.2, -0.15) is 5.10 Å². The predicted molar refractivity (Wildman–Crippen MR) is 101 cm³/mol.